The molecular formula is C33H34O5. The van der Waals surface area contributed by atoms with Crippen molar-refractivity contribution in [3.8, 4) is 11.5 Å². The molecule has 0 aliphatic rings. The molecule has 2 atom stereocenters. The van der Waals surface area contributed by atoms with Crippen molar-refractivity contribution >= 4 is 5.78 Å². The normalized spacial score (nSPS) is 14.7. The molecule has 0 fully saturated rings. The molecule has 0 aliphatic carbocycles. The number of aromatic hydroxyl groups is 2. The number of phenolic OH excluding ortho intramolecular Hbond substituents is 2. The predicted molar refractivity (Wildman–Crippen MR) is 148 cm³/mol. The van der Waals surface area contributed by atoms with Gasteiger partial charge in [-0.25, -0.2) is 0 Å². The highest BCUT2D eigenvalue weighted by Crippen LogP contribution is 2.50. The van der Waals surface area contributed by atoms with E-state index in [-0.39, 0.29) is 22.6 Å². The Morgan fingerprint density at radius 1 is 0.553 bits per heavy atom. The lowest BCUT2D eigenvalue weighted by molar-refractivity contribution is -0.172. The lowest BCUT2D eigenvalue weighted by atomic mass is 9.70. The Hall–Kier alpha value is -3.93. The molecule has 0 saturated heterocycles. The Balaban J connectivity index is 2.20. The second kappa shape index (κ2) is 11.2. The largest absolute Gasteiger partial charge is 0.508 e. The van der Waals surface area contributed by atoms with Crippen LogP contribution in [-0.2, 0) is 25.5 Å². The van der Waals surface area contributed by atoms with Crippen molar-refractivity contribution in [2.75, 3.05) is 0 Å². The third kappa shape index (κ3) is 4.83. The molecule has 4 aromatic rings. The molecule has 2 unspecified atom stereocenters. The summed E-state index contributed by atoms with van der Waals surface area (Å²) in [6.45, 7) is 7.38. The van der Waals surface area contributed by atoms with E-state index in [2.05, 4.69) is 0 Å². The average molecular weight is 511 g/mol. The van der Waals surface area contributed by atoms with Crippen molar-refractivity contribution in [3.63, 3.8) is 0 Å². The average Bonchev–Trinajstić information content (AvgIpc) is 2.91. The Kier molecular flexibility index (Phi) is 8.00. The molecule has 38 heavy (non-hydrogen) atoms. The van der Waals surface area contributed by atoms with Gasteiger partial charge in [0.15, 0.2) is 11.2 Å². The number of Topliss-reactive ketones (excluding diaryl/α,β-unsaturated/α-hetero) is 1. The summed E-state index contributed by atoms with van der Waals surface area (Å²) in [7, 11) is 0. The Morgan fingerprint density at radius 2 is 0.868 bits per heavy atom. The molecule has 4 aromatic carbocycles. The van der Waals surface area contributed by atoms with Crippen molar-refractivity contribution < 1.29 is 24.5 Å². The first-order valence-electron chi connectivity index (χ1n) is 12.8. The fraction of sp³-hybridized carbons (Fsp3) is 0.242. The fourth-order valence-corrected chi connectivity index (χ4v) is 5.03. The van der Waals surface area contributed by atoms with Gasteiger partial charge in [0.05, 0.1) is 12.2 Å². The Bertz CT molecular complexity index is 1260. The smallest absolute Gasteiger partial charge is 0.214 e. The van der Waals surface area contributed by atoms with Crippen LogP contribution in [0.2, 0.25) is 0 Å². The summed E-state index contributed by atoms with van der Waals surface area (Å²) < 4.78 is 13.3. The zero-order valence-electron chi connectivity index (χ0n) is 22.2. The van der Waals surface area contributed by atoms with Crippen LogP contribution in [-0.4, -0.2) is 28.2 Å². The molecule has 0 spiro atoms. The van der Waals surface area contributed by atoms with Gasteiger partial charge < -0.3 is 19.7 Å². The first-order valence-corrected chi connectivity index (χ1v) is 12.8. The lowest BCUT2D eigenvalue weighted by Gasteiger charge is -2.44. The summed E-state index contributed by atoms with van der Waals surface area (Å²) in [4.78, 5) is 15.6. The van der Waals surface area contributed by atoms with Crippen LogP contribution in [0, 0.1) is 0 Å². The molecule has 4 rings (SSSR count). The van der Waals surface area contributed by atoms with Crippen LogP contribution in [0.1, 0.15) is 49.9 Å². The summed E-state index contributed by atoms with van der Waals surface area (Å²) >= 11 is 0. The molecule has 5 nitrogen and oxygen atoms in total. The molecule has 0 radical (unpaired) electrons. The van der Waals surface area contributed by atoms with Crippen molar-refractivity contribution in [1.29, 1.82) is 0 Å². The minimum atomic E-state index is -1.80. The van der Waals surface area contributed by atoms with E-state index >= 15 is 4.79 Å². The van der Waals surface area contributed by atoms with Gasteiger partial charge >= 0.3 is 0 Å². The molecule has 0 aromatic heterocycles. The summed E-state index contributed by atoms with van der Waals surface area (Å²) in [6, 6.07) is 31.6. The van der Waals surface area contributed by atoms with Crippen molar-refractivity contribution in [3.05, 3.63) is 131 Å². The molecule has 0 bridgehead atoms. The minimum absolute atomic E-state index is 0.0888. The highest BCUT2D eigenvalue weighted by Gasteiger charge is 2.58. The number of ketones is 1. The van der Waals surface area contributed by atoms with Crippen LogP contribution >= 0.6 is 0 Å². The number of carbonyl (C=O) groups is 1. The van der Waals surface area contributed by atoms with Crippen LogP contribution in [0.4, 0.5) is 0 Å². The maximum Gasteiger partial charge on any atom is 0.214 e. The standard InChI is InChI=1S/C33H34O5/c1-23(2)37-32(25-15-7-5-8-16-25,27-19-11-13-21-29(27)34)31(36)33(38-24(3)4,26-17-9-6-10-18-26)28-20-12-14-22-30(28)35/h5-24,34-35H,1-4H3. The van der Waals surface area contributed by atoms with Gasteiger partial charge in [0, 0.05) is 11.1 Å². The van der Waals surface area contributed by atoms with Gasteiger partial charge in [-0.1, -0.05) is 97.1 Å². The molecule has 0 heterocycles. The van der Waals surface area contributed by atoms with E-state index in [1.165, 1.54) is 12.1 Å². The number of hydrogen-bond acceptors (Lipinski definition) is 5. The van der Waals surface area contributed by atoms with E-state index in [4.69, 9.17) is 9.47 Å². The van der Waals surface area contributed by atoms with Gasteiger partial charge in [0.1, 0.15) is 11.5 Å². The van der Waals surface area contributed by atoms with E-state index < -0.39 is 29.2 Å². The number of ether oxygens (including phenoxy) is 2. The summed E-state index contributed by atoms with van der Waals surface area (Å²) in [6.07, 6.45) is -0.841. The number of para-hydroxylation sites is 2. The monoisotopic (exact) mass is 510 g/mol. The Labute approximate surface area is 224 Å². The van der Waals surface area contributed by atoms with E-state index in [0.29, 0.717) is 11.1 Å². The second-order valence-electron chi connectivity index (χ2n) is 9.79. The molecule has 196 valence electrons. The van der Waals surface area contributed by atoms with Crippen molar-refractivity contribution in [1.82, 2.24) is 0 Å². The molecule has 0 amide bonds. The van der Waals surface area contributed by atoms with Crippen molar-refractivity contribution in [2.45, 2.75) is 51.1 Å². The molecule has 2 N–H and O–H groups in total. The van der Waals surface area contributed by atoms with Gasteiger partial charge in [0.2, 0.25) is 5.78 Å². The van der Waals surface area contributed by atoms with Crippen LogP contribution in [0.5, 0.6) is 11.5 Å². The number of phenols is 2. The molecule has 0 saturated carbocycles. The quantitative estimate of drug-likeness (QED) is 0.248. The molecule has 0 aliphatic heterocycles. The van der Waals surface area contributed by atoms with Gasteiger partial charge in [-0.2, -0.15) is 0 Å². The number of hydrogen-bond donors (Lipinski definition) is 2. The first kappa shape index (κ1) is 27.1. The topological polar surface area (TPSA) is 76.0 Å². The number of rotatable bonds is 10. The number of benzene rings is 4. The zero-order chi connectivity index (χ0) is 27.3. The predicted octanol–water partition coefficient (Wildman–Crippen LogP) is 6.70. The van der Waals surface area contributed by atoms with Gasteiger partial charge in [-0.05, 0) is 51.0 Å². The van der Waals surface area contributed by atoms with E-state index in [1.54, 1.807) is 36.4 Å². The van der Waals surface area contributed by atoms with E-state index in [1.807, 2.05) is 88.4 Å². The molecular weight excluding hydrogens is 476 g/mol. The maximum absolute atomic E-state index is 15.6. The minimum Gasteiger partial charge on any atom is -0.508 e. The van der Waals surface area contributed by atoms with E-state index in [9.17, 15) is 10.2 Å². The second-order valence-corrected chi connectivity index (χ2v) is 9.79. The maximum atomic E-state index is 15.6. The molecule has 5 heteroatoms. The van der Waals surface area contributed by atoms with Gasteiger partial charge in [-0.15, -0.1) is 0 Å². The van der Waals surface area contributed by atoms with Crippen LogP contribution in [0.3, 0.4) is 0 Å². The summed E-state index contributed by atoms with van der Waals surface area (Å²) in [5.74, 6) is -0.670. The van der Waals surface area contributed by atoms with Crippen LogP contribution in [0.25, 0.3) is 0 Å². The summed E-state index contributed by atoms with van der Waals surface area (Å²) in [5, 5.41) is 22.4. The summed E-state index contributed by atoms with van der Waals surface area (Å²) in [5.41, 5.74) is -1.96. The highest BCUT2D eigenvalue weighted by atomic mass is 16.5. The van der Waals surface area contributed by atoms with Crippen LogP contribution in [0.15, 0.2) is 109 Å². The highest BCUT2D eigenvalue weighted by molar-refractivity contribution is 6.03. The van der Waals surface area contributed by atoms with Gasteiger partial charge in [0.25, 0.3) is 0 Å². The zero-order valence-corrected chi connectivity index (χ0v) is 22.2. The Morgan fingerprint density at radius 3 is 1.18 bits per heavy atom. The van der Waals surface area contributed by atoms with Crippen molar-refractivity contribution in [2.24, 2.45) is 0 Å². The number of carbonyl (C=O) groups excluding carboxylic acids is 1. The third-order valence-corrected chi connectivity index (χ3v) is 6.39. The van der Waals surface area contributed by atoms with Gasteiger partial charge in [-0.3, -0.25) is 4.79 Å². The SMILES string of the molecule is CC(C)OC(C(=O)C(OC(C)C)(c1ccccc1)c1ccccc1O)(c1ccccc1)c1ccccc1O. The van der Waals surface area contributed by atoms with Crippen LogP contribution < -0.4 is 0 Å². The lowest BCUT2D eigenvalue weighted by Crippen LogP contribution is -2.55. The third-order valence-electron chi connectivity index (χ3n) is 6.39. The first-order chi connectivity index (χ1) is 18.2. The fourth-order valence-electron chi connectivity index (χ4n) is 5.03. The van der Waals surface area contributed by atoms with E-state index in [0.717, 1.165) is 0 Å².